The van der Waals surface area contributed by atoms with Crippen LogP contribution >= 0.6 is 0 Å². The summed E-state index contributed by atoms with van der Waals surface area (Å²) >= 11 is 0. The zero-order valence-electron chi connectivity index (χ0n) is 8.14. The average Bonchev–Trinajstić information content (AvgIpc) is 3.07. The number of rotatable bonds is 1. The van der Waals surface area contributed by atoms with Crippen LogP contribution in [0.3, 0.4) is 0 Å². The van der Waals surface area contributed by atoms with E-state index < -0.39 is 0 Å². The van der Waals surface area contributed by atoms with Gasteiger partial charge in [0.05, 0.1) is 12.1 Å². The lowest BCUT2D eigenvalue weighted by Gasteiger charge is -2.26. The van der Waals surface area contributed by atoms with Gasteiger partial charge in [-0.25, -0.2) is 0 Å². The minimum atomic E-state index is -0.0444. The van der Waals surface area contributed by atoms with Crippen molar-refractivity contribution in [3.05, 3.63) is 29.6 Å². The smallest absolute Gasteiger partial charge is 0.256 e. The normalized spacial score (nSPS) is 20.4. The molecule has 4 nitrogen and oxygen atoms in total. The van der Waals surface area contributed by atoms with Crippen LogP contribution in [-0.2, 0) is 0 Å². The van der Waals surface area contributed by atoms with Crippen molar-refractivity contribution in [1.29, 1.82) is 0 Å². The van der Waals surface area contributed by atoms with E-state index in [0.717, 1.165) is 12.8 Å². The van der Waals surface area contributed by atoms with Crippen LogP contribution < -0.4 is 0 Å². The number of ketones is 1. The maximum absolute atomic E-state index is 12.0. The fraction of sp³-hybridized carbons (Fsp3) is 0.364. The third kappa shape index (κ3) is 1.25. The Kier molecular flexibility index (Phi) is 1.65. The van der Waals surface area contributed by atoms with Crippen molar-refractivity contribution >= 4 is 11.7 Å². The minimum absolute atomic E-state index is 0.0415. The van der Waals surface area contributed by atoms with Gasteiger partial charge in [0, 0.05) is 12.2 Å². The van der Waals surface area contributed by atoms with Gasteiger partial charge in [0.2, 0.25) is 5.78 Å². The third-order valence-electron chi connectivity index (χ3n) is 2.86. The molecule has 0 unspecified atom stereocenters. The Morgan fingerprint density at radius 3 is 2.87 bits per heavy atom. The molecule has 0 N–H and O–H groups in total. The SMILES string of the molecule is O=C1CN(C2CC2)C(=O)c2cccnc21. The highest BCUT2D eigenvalue weighted by molar-refractivity contribution is 6.12. The number of aromatic nitrogens is 1. The first-order valence-corrected chi connectivity index (χ1v) is 5.06. The molecule has 3 rings (SSSR count). The van der Waals surface area contributed by atoms with Crippen LogP contribution in [0.25, 0.3) is 0 Å². The minimum Gasteiger partial charge on any atom is -0.328 e. The molecule has 0 spiro atoms. The molecule has 0 bridgehead atoms. The Labute approximate surface area is 86.9 Å². The van der Waals surface area contributed by atoms with Gasteiger partial charge in [-0.2, -0.15) is 0 Å². The Balaban J connectivity index is 2.07. The summed E-state index contributed by atoms with van der Waals surface area (Å²) in [6.45, 7) is 0.202. The number of Topliss-reactive ketones (excluding diaryl/α,β-unsaturated/α-hetero) is 1. The summed E-state index contributed by atoms with van der Waals surface area (Å²) in [6.07, 6.45) is 3.60. The quantitative estimate of drug-likeness (QED) is 0.679. The topological polar surface area (TPSA) is 50.3 Å². The molecule has 1 aliphatic carbocycles. The molecule has 2 heterocycles. The molecule has 1 amide bonds. The Morgan fingerprint density at radius 2 is 2.13 bits per heavy atom. The van der Waals surface area contributed by atoms with Gasteiger partial charge < -0.3 is 4.90 Å². The second kappa shape index (κ2) is 2.89. The fourth-order valence-electron chi connectivity index (χ4n) is 1.94. The molecule has 1 aliphatic heterocycles. The van der Waals surface area contributed by atoms with Gasteiger partial charge in [0.25, 0.3) is 5.91 Å². The molecule has 0 aromatic carbocycles. The van der Waals surface area contributed by atoms with Crippen molar-refractivity contribution in [3.63, 3.8) is 0 Å². The van der Waals surface area contributed by atoms with E-state index >= 15 is 0 Å². The van der Waals surface area contributed by atoms with Crippen molar-refractivity contribution in [1.82, 2.24) is 9.88 Å². The molecule has 1 fully saturated rings. The van der Waals surface area contributed by atoms with E-state index in [1.54, 1.807) is 23.2 Å². The molecular formula is C11H10N2O2. The van der Waals surface area contributed by atoms with Crippen molar-refractivity contribution < 1.29 is 9.59 Å². The van der Waals surface area contributed by atoms with E-state index in [1.807, 2.05) is 0 Å². The summed E-state index contributed by atoms with van der Waals surface area (Å²) in [5.41, 5.74) is 0.792. The summed E-state index contributed by atoms with van der Waals surface area (Å²) in [5, 5.41) is 0. The maximum Gasteiger partial charge on any atom is 0.256 e. The number of carbonyl (C=O) groups excluding carboxylic acids is 2. The third-order valence-corrected chi connectivity index (χ3v) is 2.86. The number of hydrogen-bond donors (Lipinski definition) is 0. The molecule has 2 aliphatic rings. The molecule has 15 heavy (non-hydrogen) atoms. The molecule has 4 heteroatoms. The molecular weight excluding hydrogens is 192 g/mol. The van der Waals surface area contributed by atoms with E-state index in [-0.39, 0.29) is 24.3 Å². The fourth-order valence-corrected chi connectivity index (χ4v) is 1.94. The van der Waals surface area contributed by atoms with Gasteiger partial charge in [-0.3, -0.25) is 14.6 Å². The van der Waals surface area contributed by atoms with Crippen molar-refractivity contribution in [2.24, 2.45) is 0 Å². The van der Waals surface area contributed by atoms with Crippen LogP contribution in [0.5, 0.6) is 0 Å². The van der Waals surface area contributed by atoms with Crippen LogP contribution in [0, 0.1) is 0 Å². The average molecular weight is 202 g/mol. The zero-order valence-corrected chi connectivity index (χ0v) is 8.14. The number of pyridine rings is 1. The second-order valence-electron chi connectivity index (χ2n) is 3.99. The lowest BCUT2D eigenvalue weighted by molar-refractivity contribution is 0.0665. The molecule has 1 aromatic heterocycles. The lowest BCUT2D eigenvalue weighted by atomic mass is 10.0. The van der Waals surface area contributed by atoms with Crippen LogP contribution in [0.2, 0.25) is 0 Å². The Bertz CT molecular complexity index is 452. The first-order valence-electron chi connectivity index (χ1n) is 5.06. The summed E-state index contributed by atoms with van der Waals surface area (Å²) in [6, 6.07) is 3.66. The molecule has 0 saturated heterocycles. The number of hydrogen-bond acceptors (Lipinski definition) is 3. The van der Waals surface area contributed by atoms with Crippen LogP contribution in [0.15, 0.2) is 18.3 Å². The molecule has 1 saturated carbocycles. The van der Waals surface area contributed by atoms with E-state index in [1.165, 1.54) is 0 Å². The molecule has 0 radical (unpaired) electrons. The van der Waals surface area contributed by atoms with Crippen molar-refractivity contribution in [3.8, 4) is 0 Å². The summed E-state index contributed by atoms with van der Waals surface area (Å²) < 4.78 is 0. The van der Waals surface area contributed by atoms with Gasteiger partial charge in [-0.15, -0.1) is 0 Å². The number of amides is 1. The summed E-state index contributed by atoms with van der Waals surface area (Å²) in [4.78, 5) is 29.3. The van der Waals surface area contributed by atoms with E-state index in [0.29, 0.717) is 11.3 Å². The second-order valence-corrected chi connectivity index (χ2v) is 3.99. The Morgan fingerprint density at radius 1 is 1.33 bits per heavy atom. The number of nitrogens with zero attached hydrogens (tertiary/aromatic N) is 2. The highest BCUT2D eigenvalue weighted by atomic mass is 16.2. The Hall–Kier alpha value is -1.71. The van der Waals surface area contributed by atoms with Crippen molar-refractivity contribution in [2.45, 2.75) is 18.9 Å². The molecule has 0 atom stereocenters. The van der Waals surface area contributed by atoms with E-state index in [9.17, 15) is 9.59 Å². The maximum atomic E-state index is 12.0. The highest BCUT2D eigenvalue weighted by Crippen LogP contribution is 2.30. The number of fused-ring (bicyclic) bond motifs is 1. The zero-order chi connectivity index (χ0) is 10.4. The molecule has 76 valence electrons. The van der Waals surface area contributed by atoms with Gasteiger partial charge in [0.15, 0.2) is 0 Å². The molecule has 1 aromatic rings. The monoisotopic (exact) mass is 202 g/mol. The summed E-state index contributed by atoms with van der Waals surface area (Å²) in [5.74, 6) is -0.0858. The predicted molar refractivity (Wildman–Crippen MR) is 52.6 cm³/mol. The standard InChI is InChI=1S/C11H10N2O2/c14-9-6-13(7-3-4-7)11(15)8-2-1-5-12-10(8)9/h1-2,5,7H,3-4,6H2. The van der Waals surface area contributed by atoms with Gasteiger partial charge >= 0.3 is 0 Å². The van der Waals surface area contributed by atoms with E-state index in [2.05, 4.69) is 4.98 Å². The lowest BCUT2D eigenvalue weighted by Crippen LogP contribution is -2.42. The van der Waals surface area contributed by atoms with Crippen molar-refractivity contribution in [2.75, 3.05) is 6.54 Å². The van der Waals surface area contributed by atoms with Crippen LogP contribution in [0.1, 0.15) is 33.7 Å². The highest BCUT2D eigenvalue weighted by Gasteiger charge is 2.39. The first kappa shape index (κ1) is 8.59. The van der Waals surface area contributed by atoms with Gasteiger partial charge in [-0.05, 0) is 25.0 Å². The van der Waals surface area contributed by atoms with Crippen LogP contribution in [0.4, 0.5) is 0 Å². The van der Waals surface area contributed by atoms with Gasteiger partial charge in [0.1, 0.15) is 5.69 Å². The first-order chi connectivity index (χ1) is 7.27. The summed E-state index contributed by atoms with van der Waals surface area (Å²) in [7, 11) is 0. The van der Waals surface area contributed by atoms with Crippen LogP contribution in [-0.4, -0.2) is 34.2 Å². The predicted octanol–water partition coefficient (Wildman–Crippen LogP) is 0.882. The number of carbonyl (C=O) groups is 2. The van der Waals surface area contributed by atoms with E-state index in [4.69, 9.17) is 0 Å². The van der Waals surface area contributed by atoms with Gasteiger partial charge in [-0.1, -0.05) is 0 Å². The largest absolute Gasteiger partial charge is 0.328 e.